The van der Waals surface area contributed by atoms with Gasteiger partial charge in [0.25, 0.3) is 0 Å². The molecule has 3 heteroatoms. The summed E-state index contributed by atoms with van der Waals surface area (Å²) in [6, 6.07) is 3.93. The van der Waals surface area contributed by atoms with Gasteiger partial charge in [-0.15, -0.1) is 0 Å². The van der Waals surface area contributed by atoms with E-state index >= 15 is 0 Å². The summed E-state index contributed by atoms with van der Waals surface area (Å²) in [5.74, 6) is 1.38. The molecule has 2 fully saturated rings. The van der Waals surface area contributed by atoms with Crippen molar-refractivity contribution in [2.24, 2.45) is 0 Å². The molecule has 2 aliphatic rings. The molecule has 4 N–H and O–H groups in total. The van der Waals surface area contributed by atoms with E-state index in [2.05, 4.69) is 0 Å². The lowest BCUT2D eigenvalue weighted by Crippen LogP contribution is -2.15. The summed E-state index contributed by atoms with van der Waals surface area (Å²) < 4.78 is 6.11. The lowest BCUT2D eigenvalue weighted by Gasteiger charge is -2.26. The lowest BCUT2D eigenvalue weighted by atomic mass is 9.82. The number of nitrogens with two attached hydrogens (primary N) is 2. The topological polar surface area (TPSA) is 61.3 Å². The Kier molecular flexibility index (Phi) is 4.04. The Morgan fingerprint density at radius 3 is 2.20 bits per heavy atom. The number of hydrogen-bond donors (Lipinski definition) is 2. The van der Waals surface area contributed by atoms with Crippen LogP contribution in [0.3, 0.4) is 0 Å². The Morgan fingerprint density at radius 2 is 1.50 bits per heavy atom. The highest BCUT2D eigenvalue weighted by Gasteiger charge is 2.24. The smallest absolute Gasteiger partial charge is 0.143 e. The van der Waals surface area contributed by atoms with E-state index in [1.165, 1.54) is 44.9 Å². The van der Waals surface area contributed by atoms with E-state index in [0.29, 0.717) is 12.0 Å². The van der Waals surface area contributed by atoms with Crippen molar-refractivity contribution < 1.29 is 4.74 Å². The number of hydrogen-bond acceptors (Lipinski definition) is 3. The van der Waals surface area contributed by atoms with E-state index in [1.807, 2.05) is 12.1 Å². The second-order valence-corrected chi connectivity index (χ2v) is 6.34. The second-order valence-electron chi connectivity index (χ2n) is 6.34. The Morgan fingerprint density at radius 1 is 0.850 bits per heavy atom. The highest BCUT2D eigenvalue weighted by atomic mass is 16.5. The summed E-state index contributed by atoms with van der Waals surface area (Å²) >= 11 is 0. The zero-order valence-corrected chi connectivity index (χ0v) is 12.2. The molecule has 3 rings (SSSR count). The van der Waals surface area contributed by atoms with Gasteiger partial charge in [-0.3, -0.25) is 0 Å². The first-order chi connectivity index (χ1) is 9.75. The third-order valence-electron chi connectivity index (χ3n) is 4.89. The zero-order chi connectivity index (χ0) is 13.9. The summed E-state index contributed by atoms with van der Waals surface area (Å²) in [5, 5.41) is 0. The summed E-state index contributed by atoms with van der Waals surface area (Å²) in [7, 11) is 0. The largest absolute Gasteiger partial charge is 0.488 e. The lowest BCUT2D eigenvalue weighted by molar-refractivity contribution is 0.211. The van der Waals surface area contributed by atoms with Crippen LogP contribution in [0.2, 0.25) is 0 Å². The molecule has 0 radical (unpaired) electrons. The van der Waals surface area contributed by atoms with Crippen LogP contribution in [0.25, 0.3) is 0 Å². The maximum absolute atomic E-state index is 6.39. The van der Waals surface area contributed by atoms with Crippen molar-refractivity contribution in [3.05, 3.63) is 17.7 Å². The Balaban J connectivity index is 1.84. The fourth-order valence-corrected chi connectivity index (χ4v) is 3.77. The van der Waals surface area contributed by atoms with Crippen LogP contribution < -0.4 is 16.2 Å². The van der Waals surface area contributed by atoms with Crippen molar-refractivity contribution in [3.8, 4) is 5.75 Å². The molecule has 2 saturated carbocycles. The molecule has 0 atom stereocenters. The molecule has 110 valence electrons. The van der Waals surface area contributed by atoms with E-state index in [0.717, 1.165) is 35.5 Å². The minimum Gasteiger partial charge on any atom is -0.488 e. The third-order valence-corrected chi connectivity index (χ3v) is 4.89. The molecule has 20 heavy (non-hydrogen) atoms. The predicted molar refractivity (Wildman–Crippen MR) is 84.0 cm³/mol. The van der Waals surface area contributed by atoms with Gasteiger partial charge in [0.1, 0.15) is 5.75 Å². The standard InChI is InChI=1S/C17H26N2O/c18-14-10-11-15(20-13-8-4-5-9-13)17(19)16(14)12-6-2-1-3-7-12/h10-13H,1-9,18-19H2. The highest BCUT2D eigenvalue weighted by Crippen LogP contribution is 2.42. The first-order valence-corrected chi connectivity index (χ1v) is 8.10. The van der Waals surface area contributed by atoms with Crippen LogP contribution >= 0.6 is 0 Å². The number of nitrogen functional groups attached to an aromatic ring is 2. The maximum atomic E-state index is 6.39. The summed E-state index contributed by atoms with van der Waals surface area (Å²) in [5.41, 5.74) is 15.4. The minimum absolute atomic E-state index is 0.347. The van der Waals surface area contributed by atoms with Crippen LogP contribution in [-0.4, -0.2) is 6.10 Å². The molecular weight excluding hydrogens is 248 g/mol. The van der Waals surface area contributed by atoms with Crippen LogP contribution in [0.4, 0.5) is 11.4 Å². The minimum atomic E-state index is 0.347. The Labute approximate surface area is 121 Å². The first kappa shape index (κ1) is 13.6. The molecule has 0 bridgehead atoms. The normalized spacial score (nSPS) is 21.2. The van der Waals surface area contributed by atoms with Crippen LogP contribution in [0.1, 0.15) is 69.3 Å². The zero-order valence-electron chi connectivity index (χ0n) is 12.2. The van der Waals surface area contributed by atoms with Gasteiger partial charge in [-0.1, -0.05) is 19.3 Å². The van der Waals surface area contributed by atoms with Crippen molar-refractivity contribution in [1.29, 1.82) is 0 Å². The molecule has 3 nitrogen and oxygen atoms in total. The van der Waals surface area contributed by atoms with E-state index < -0.39 is 0 Å². The summed E-state index contributed by atoms with van der Waals surface area (Å²) in [6.45, 7) is 0. The first-order valence-electron chi connectivity index (χ1n) is 8.10. The van der Waals surface area contributed by atoms with Gasteiger partial charge in [-0.05, 0) is 56.6 Å². The van der Waals surface area contributed by atoms with Crippen molar-refractivity contribution in [2.45, 2.75) is 69.8 Å². The highest BCUT2D eigenvalue weighted by molar-refractivity contribution is 5.69. The molecule has 0 unspecified atom stereocenters. The van der Waals surface area contributed by atoms with Crippen LogP contribution in [0.15, 0.2) is 12.1 Å². The molecule has 0 aliphatic heterocycles. The summed E-state index contributed by atoms with van der Waals surface area (Å²) in [6.07, 6.45) is 11.5. The van der Waals surface area contributed by atoms with Gasteiger partial charge in [0, 0.05) is 11.3 Å². The van der Waals surface area contributed by atoms with Crippen LogP contribution in [0, 0.1) is 0 Å². The second kappa shape index (κ2) is 5.94. The average molecular weight is 274 g/mol. The van der Waals surface area contributed by atoms with Gasteiger partial charge >= 0.3 is 0 Å². The van der Waals surface area contributed by atoms with Crippen molar-refractivity contribution in [2.75, 3.05) is 11.5 Å². The molecule has 0 saturated heterocycles. The predicted octanol–water partition coefficient (Wildman–Crippen LogP) is 4.22. The quantitative estimate of drug-likeness (QED) is 0.811. The van der Waals surface area contributed by atoms with E-state index in [1.54, 1.807) is 0 Å². The molecule has 0 spiro atoms. The molecule has 0 heterocycles. The van der Waals surface area contributed by atoms with Crippen molar-refractivity contribution in [1.82, 2.24) is 0 Å². The Hall–Kier alpha value is -1.38. The fraction of sp³-hybridized carbons (Fsp3) is 0.647. The average Bonchev–Trinajstić information content (AvgIpc) is 2.96. The van der Waals surface area contributed by atoms with Crippen molar-refractivity contribution >= 4 is 11.4 Å². The molecule has 2 aliphatic carbocycles. The number of anilines is 2. The van der Waals surface area contributed by atoms with Gasteiger partial charge < -0.3 is 16.2 Å². The number of rotatable bonds is 3. The molecular formula is C17H26N2O. The molecule has 0 amide bonds. The number of ether oxygens (including phenoxy) is 1. The van der Waals surface area contributed by atoms with Crippen LogP contribution in [-0.2, 0) is 0 Å². The van der Waals surface area contributed by atoms with E-state index in [-0.39, 0.29) is 0 Å². The van der Waals surface area contributed by atoms with Gasteiger partial charge in [-0.2, -0.15) is 0 Å². The monoisotopic (exact) mass is 274 g/mol. The van der Waals surface area contributed by atoms with E-state index in [4.69, 9.17) is 16.2 Å². The SMILES string of the molecule is Nc1ccc(OC2CCCC2)c(N)c1C1CCCCC1. The van der Waals surface area contributed by atoms with E-state index in [9.17, 15) is 0 Å². The van der Waals surface area contributed by atoms with Gasteiger partial charge in [0.15, 0.2) is 0 Å². The van der Waals surface area contributed by atoms with Crippen molar-refractivity contribution in [3.63, 3.8) is 0 Å². The molecule has 1 aromatic rings. The molecule has 0 aromatic heterocycles. The third kappa shape index (κ3) is 2.72. The van der Waals surface area contributed by atoms with Gasteiger partial charge in [0.05, 0.1) is 11.8 Å². The number of benzene rings is 1. The van der Waals surface area contributed by atoms with Gasteiger partial charge in [0.2, 0.25) is 0 Å². The van der Waals surface area contributed by atoms with Gasteiger partial charge in [-0.25, -0.2) is 0 Å². The summed E-state index contributed by atoms with van der Waals surface area (Å²) in [4.78, 5) is 0. The van der Waals surface area contributed by atoms with Crippen LogP contribution in [0.5, 0.6) is 5.75 Å². The molecule has 1 aromatic carbocycles. The fourth-order valence-electron chi connectivity index (χ4n) is 3.77. The maximum Gasteiger partial charge on any atom is 0.143 e. The Bertz CT molecular complexity index is 460.